The highest BCUT2D eigenvalue weighted by molar-refractivity contribution is 6.30. The Hall–Kier alpha value is -2.97. The number of halogens is 1. The van der Waals surface area contributed by atoms with Gasteiger partial charge in [-0.2, -0.15) is 0 Å². The molecule has 1 spiro atoms. The predicted octanol–water partition coefficient (Wildman–Crippen LogP) is 5.47. The number of hydrogen-bond donors (Lipinski definition) is 0. The van der Waals surface area contributed by atoms with E-state index < -0.39 is 5.41 Å². The van der Waals surface area contributed by atoms with Gasteiger partial charge in [-0.05, 0) is 68.8 Å². The van der Waals surface area contributed by atoms with E-state index >= 15 is 0 Å². The van der Waals surface area contributed by atoms with Gasteiger partial charge in [0, 0.05) is 29.8 Å². The van der Waals surface area contributed by atoms with E-state index in [-0.39, 0.29) is 0 Å². The molecule has 2 aromatic heterocycles. The molecular weight excluding hydrogens is 340 g/mol. The van der Waals surface area contributed by atoms with Crippen LogP contribution in [0.4, 0.5) is 0 Å². The molecule has 2 aromatic carbocycles. The van der Waals surface area contributed by atoms with E-state index in [1.807, 2.05) is 30.9 Å². The monoisotopic (exact) mass is 352 g/mol. The zero-order chi connectivity index (χ0) is 17.3. The molecule has 2 heterocycles. The summed E-state index contributed by atoms with van der Waals surface area (Å²) in [4.78, 5) is 8.95. The number of benzene rings is 2. The lowest BCUT2D eigenvalue weighted by molar-refractivity contribution is 0.783. The highest BCUT2D eigenvalue weighted by Gasteiger charge is 2.52. The first-order valence-electron chi connectivity index (χ1n) is 8.61. The van der Waals surface area contributed by atoms with Gasteiger partial charge in [0.15, 0.2) is 0 Å². The largest absolute Gasteiger partial charge is 0.264 e. The van der Waals surface area contributed by atoms with Crippen molar-refractivity contribution in [2.24, 2.45) is 0 Å². The number of fused-ring (bicyclic) bond motifs is 10. The maximum absolute atomic E-state index is 6.45. The third-order valence-electron chi connectivity index (χ3n) is 5.75. The van der Waals surface area contributed by atoms with Gasteiger partial charge in [-0.15, -0.1) is 0 Å². The van der Waals surface area contributed by atoms with Crippen LogP contribution in [-0.4, -0.2) is 9.97 Å². The molecule has 0 aliphatic heterocycles. The number of aromatic nitrogens is 2. The summed E-state index contributed by atoms with van der Waals surface area (Å²) < 4.78 is 0. The summed E-state index contributed by atoms with van der Waals surface area (Å²) in [5, 5.41) is 0.749. The maximum atomic E-state index is 6.45. The average molecular weight is 353 g/mol. The molecule has 2 aliphatic rings. The summed E-state index contributed by atoms with van der Waals surface area (Å²) in [6.45, 7) is 0. The SMILES string of the molecule is Clc1ccc2c(c1)C1(c3ccccc3-c3ccncc31)c1cnccc1-2. The molecule has 26 heavy (non-hydrogen) atoms. The van der Waals surface area contributed by atoms with E-state index in [0.29, 0.717) is 0 Å². The van der Waals surface area contributed by atoms with Crippen LogP contribution in [0, 0.1) is 0 Å². The predicted molar refractivity (Wildman–Crippen MR) is 103 cm³/mol. The van der Waals surface area contributed by atoms with Crippen LogP contribution in [0.25, 0.3) is 22.3 Å². The van der Waals surface area contributed by atoms with Crippen molar-refractivity contribution < 1.29 is 0 Å². The molecule has 0 bridgehead atoms. The minimum absolute atomic E-state index is 0.399. The van der Waals surface area contributed by atoms with Crippen molar-refractivity contribution in [1.82, 2.24) is 9.97 Å². The summed E-state index contributed by atoms with van der Waals surface area (Å²) in [5.41, 5.74) is 9.44. The van der Waals surface area contributed by atoms with Gasteiger partial charge in [-0.1, -0.05) is 41.9 Å². The van der Waals surface area contributed by atoms with Crippen LogP contribution in [0.3, 0.4) is 0 Å². The van der Waals surface area contributed by atoms with Crippen molar-refractivity contribution in [1.29, 1.82) is 0 Å². The van der Waals surface area contributed by atoms with Crippen LogP contribution < -0.4 is 0 Å². The second kappa shape index (κ2) is 4.80. The van der Waals surface area contributed by atoms with Crippen molar-refractivity contribution in [3.05, 3.63) is 107 Å². The second-order valence-corrected chi connectivity index (χ2v) is 7.26. The maximum Gasteiger partial charge on any atom is 0.0756 e. The molecule has 0 fully saturated rings. The Labute approximate surface area is 156 Å². The fourth-order valence-corrected chi connectivity index (χ4v) is 5.01. The quantitative estimate of drug-likeness (QED) is 0.362. The fraction of sp³-hybridized carbons (Fsp3) is 0.0435. The van der Waals surface area contributed by atoms with E-state index in [9.17, 15) is 0 Å². The Morgan fingerprint density at radius 3 is 1.96 bits per heavy atom. The molecule has 6 rings (SSSR count). The van der Waals surface area contributed by atoms with E-state index in [1.165, 1.54) is 44.5 Å². The standard InChI is InChI=1S/C23H13ClN2/c24-14-5-6-16-18-8-10-26-13-22(18)23(20(16)11-14)19-4-2-1-3-15(19)17-7-9-25-12-21(17)23/h1-13H. The van der Waals surface area contributed by atoms with Crippen LogP contribution in [0.5, 0.6) is 0 Å². The molecular formula is C23H13ClN2. The molecule has 0 saturated carbocycles. The Morgan fingerprint density at radius 1 is 0.615 bits per heavy atom. The third-order valence-corrected chi connectivity index (χ3v) is 5.98. The Bertz CT molecular complexity index is 1150. The molecule has 1 atom stereocenters. The lowest BCUT2D eigenvalue weighted by atomic mass is 9.71. The molecule has 122 valence electrons. The van der Waals surface area contributed by atoms with Gasteiger partial charge in [0.1, 0.15) is 0 Å². The number of hydrogen-bond acceptors (Lipinski definition) is 2. The topological polar surface area (TPSA) is 25.8 Å². The number of rotatable bonds is 0. The van der Waals surface area contributed by atoms with Crippen molar-refractivity contribution >= 4 is 11.6 Å². The molecule has 0 N–H and O–H groups in total. The minimum Gasteiger partial charge on any atom is -0.264 e. The fourth-order valence-electron chi connectivity index (χ4n) is 4.83. The molecule has 1 unspecified atom stereocenters. The highest BCUT2D eigenvalue weighted by atomic mass is 35.5. The summed E-state index contributed by atoms with van der Waals surface area (Å²) in [6.07, 6.45) is 7.73. The first-order chi connectivity index (χ1) is 12.8. The lowest BCUT2D eigenvalue weighted by Gasteiger charge is -2.29. The molecule has 2 aliphatic carbocycles. The molecule has 0 saturated heterocycles. The van der Waals surface area contributed by atoms with E-state index in [0.717, 1.165) is 5.02 Å². The molecule has 4 aromatic rings. The number of pyridine rings is 2. The Morgan fingerprint density at radius 2 is 1.23 bits per heavy atom. The van der Waals surface area contributed by atoms with Crippen molar-refractivity contribution in [2.45, 2.75) is 5.41 Å². The molecule has 0 amide bonds. The van der Waals surface area contributed by atoms with Crippen molar-refractivity contribution in [2.75, 3.05) is 0 Å². The van der Waals surface area contributed by atoms with Crippen LogP contribution in [0.2, 0.25) is 5.02 Å². The van der Waals surface area contributed by atoms with Gasteiger partial charge in [-0.25, -0.2) is 0 Å². The average Bonchev–Trinajstić information content (AvgIpc) is 3.15. The zero-order valence-electron chi connectivity index (χ0n) is 13.8. The van der Waals surface area contributed by atoms with Crippen molar-refractivity contribution in [3.63, 3.8) is 0 Å². The van der Waals surface area contributed by atoms with Crippen LogP contribution in [0.1, 0.15) is 22.3 Å². The van der Waals surface area contributed by atoms with Gasteiger partial charge in [-0.3, -0.25) is 9.97 Å². The highest BCUT2D eigenvalue weighted by Crippen LogP contribution is 2.62. The Kier molecular flexibility index (Phi) is 2.63. The summed E-state index contributed by atoms with van der Waals surface area (Å²) >= 11 is 6.45. The van der Waals surface area contributed by atoms with Gasteiger partial charge < -0.3 is 0 Å². The van der Waals surface area contributed by atoms with Gasteiger partial charge >= 0.3 is 0 Å². The van der Waals surface area contributed by atoms with Gasteiger partial charge in [0.2, 0.25) is 0 Å². The van der Waals surface area contributed by atoms with Crippen LogP contribution in [-0.2, 0) is 5.41 Å². The lowest BCUT2D eigenvalue weighted by Crippen LogP contribution is -2.26. The first-order valence-corrected chi connectivity index (χ1v) is 8.99. The minimum atomic E-state index is -0.399. The molecule has 2 nitrogen and oxygen atoms in total. The zero-order valence-corrected chi connectivity index (χ0v) is 14.5. The van der Waals surface area contributed by atoms with E-state index in [4.69, 9.17) is 11.6 Å². The Balaban J connectivity index is 1.88. The summed E-state index contributed by atoms with van der Waals surface area (Å²) in [5.74, 6) is 0. The normalized spacial score (nSPS) is 18.3. The molecule has 0 radical (unpaired) electrons. The van der Waals surface area contributed by atoms with E-state index in [1.54, 1.807) is 0 Å². The molecule has 3 heteroatoms. The summed E-state index contributed by atoms with van der Waals surface area (Å²) in [7, 11) is 0. The van der Waals surface area contributed by atoms with Crippen LogP contribution >= 0.6 is 11.6 Å². The van der Waals surface area contributed by atoms with Crippen molar-refractivity contribution in [3.8, 4) is 22.3 Å². The van der Waals surface area contributed by atoms with E-state index in [2.05, 4.69) is 58.5 Å². The summed E-state index contributed by atoms with van der Waals surface area (Å²) in [6, 6.07) is 19.0. The number of nitrogens with zero attached hydrogens (tertiary/aromatic N) is 2. The smallest absolute Gasteiger partial charge is 0.0756 e. The second-order valence-electron chi connectivity index (χ2n) is 6.83. The first kappa shape index (κ1) is 14.2. The third kappa shape index (κ3) is 1.50. The van der Waals surface area contributed by atoms with Gasteiger partial charge in [0.25, 0.3) is 0 Å². The van der Waals surface area contributed by atoms with Crippen LogP contribution in [0.15, 0.2) is 79.4 Å². The van der Waals surface area contributed by atoms with Gasteiger partial charge in [0.05, 0.1) is 5.41 Å².